The summed E-state index contributed by atoms with van der Waals surface area (Å²) in [5, 5.41) is 9.77. The molecule has 0 spiro atoms. The molecule has 0 saturated carbocycles. The van der Waals surface area contributed by atoms with E-state index in [0.29, 0.717) is 35.1 Å². The van der Waals surface area contributed by atoms with Gasteiger partial charge in [-0.2, -0.15) is 0 Å². The van der Waals surface area contributed by atoms with Crippen LogP contribution in [-0.2, 0) is 4.74 Å². The second-order valence-corrected chi connectivity index (χ2v) is 7.87. The summed E-state index contributed by atoms with van der Waals surface area (Å²) in [5.41, 5.74) is 2.45. The fraction of sp³-hybridized carbons (Fsp3) is 0.455. The Balaban J connectivity index is 1.70. The number of nitrogens with one attached hydrogen (secondary N) is 3. The lowest BCUT2D eigenvalue weighted by Gasteiger charge is -2.25. The maximum Gasteiger partial charge on any atom is 0.229 e. The van der Waals surface area contributed by atoms with Crippen molar-refractivity contribution in [3.8, 4) is 11.5 Å². The average Bonchev–Trinajstić information content (AvgIpc) is 2.78. The van der Waals surface area contributed by atoms with Crippen molar-refractivity contribution >= 4 is 34.9 Å². The number of aromatic nitrogens is 2. The number of morpholine rings is 1. The lowest BCUT2D eigenvalue weighted by atomic mass is 10.3. The number of benzene rings is 1. The van der Waals surface area contributed by atoms with Crippen LogP contribution in [0.5, 0.6) is 11.5 Å². The fourth-order valence-corrected chi connectivity index (χ4v) is 3.49. The number of aliphatic imine (C=N–C) groups is 1. The monoisotopic (exact) mass is 473 g/mol. The van der Waals surface area contributed by atoms with Crippen molar-refractivity contribution < 1.29 is 14.2 Å². The first-order chi connectivity index (χ1) is 15.9. The third-order valence-corrected chi connectivity index (χ3v) is 5.05. The highest BCUT2D eigenvalue weighted by Gasteiger charge is 2.11. The van der Waals surface area contributed by atoms with E-state index in [0.717, 1.165) is 49.9 Å². The van der Waals surface area contributed by atoms with Gasteiger partial charge < -0.3 is 24.8 Å². The van der Waals surface area contributed by atoms with Gasteiger partial charge >= 0.3 is 0 Å². The van der Waals surface area contributed by atoms with E-state index in [1.165, 1.54) is 0 Å². The number of ether oxygens (including phenoxy) is 3. The summed E-state index contributed by atoms with van der Waals surface area (Å²) >= 11 is 5.52. The molecule has 0 aliphatic carbocycles. The predicted octanol–water partition coefficient (Wildman–Crippen LogP) is 2.20. The van der Waals surface area contributed by atoms with Gasteiger partial charge in [0.15, 0.2) is 5.11 Å². The Morgan fingerprint density at radius 3 is 2.27 bits per heavy atom. The molecule has 1 aliphatic heterocycles. The Kier molecular flexibility index (Phi) is 9.16. The quantitative estimate of drug-likeness (QED) is 0.315. The summed E-state index contributed by atoms with van der Waals surface area (Å²) in [5.74, 6) is 2.22. The van der Waals surface area contributed by atoms with Crippen LogP contribution >= 0.6 is 12.2 Å². The molecule has 11 heteroatoms. The number of methoxy groups -OCH3 is 2. The third-order valence-electron chi connectivity index (χ3n) is 4.84. The Hall–Kier alpha value is -3.02. The normalized spacial score (nSPS) is 14.5. The second-order valence-electron chi connectivity index (χ2n) is 7.46. The first-order valence-electron chi connectivity index (χ1n) is 10.7. The van der Waals surface area contributed by atoms with E-state index < -0.39 is 0 Å². The van der Waals surface area contributed by atoms with Gasteiger partial charge in [-0.05, 0) is 32.1 Å². The van der Waals surface area contributed by atoms with E-state index in [9.17, 15) is 0 Å². The molecular formula is C22H31N7O3S. The SMILES string of the molecule is COc1cc(NC(=S)NC(=NCCN2CCOCC2)Nc2nc(C)cc(C)n2)cc(OC)c1. The number of nitrogens with zero attached hydrogens (tertiary/aromatic N) is 4. The molecular weight excluding hydrogens is 442 g/mol. The van der Waals surface area contributed by atoms with Crippen LogP contribution in [0, 0.1) is 13.8 Å². The molecule has 10 nitrogen and oxygen atoms in total. The molecule has 178 valence electrons. The van der Waals surface area contributed by atoms with E-state index >= 15 is 0 Å². The largest absolute Gasteiger partial charge is 0.497 e. The highest BCUT2D eigenvalue weighted by atomic mass is 32.1. The molecule has 1 fully saturated rings. The number of hydrogen-bond acceptors (Lipinski definition) is 8. The average molecular weight is 474 g/mol. The maximum absolute atomic E-state index is 5.52. The third kappa shape index (κ3) is 8.12. The van der Waals surface area contributed by atoms with E-state index in [-0.39, 0.29) is 0 Å². The standard InChI is InChI=1S/C22H31N7O3S/c1-15-11-16(2)25-21(24-15)27-20(23-5-6-29-7-9-32-10-8-29)28-22(33)26-17-12-18(30-3)14-19(13-17)31-4/h11-14H,5-10H2,1-4H3,(H3,23,24,25,26,27,28,33). The summed E-state index contributed by atoms with van der Waals surface area (Å²) < 4.78 is 16.1. The molecule has 0 unspecified atom stereocenters. The van der Waals surface area contributed by atoms with Gasteiger partial charge in [0.1, 0.15) is 11.5 Å². The molecule has 0 atom stereocenters. The molecule has 0 amide bonds. The summed E-state index contributed by atoms with van der Waals surface area (Å²) in [4.78, 5) is 15.9. The number of rotatable bonds is 7. The zero-order valence-corrected chi connectivity index (χ0v) is 20.3. The van der Waals surface area contributed by atoms with Gasteiger partial charge in [-0.15, -0.1) is 0 Å². The summed E-state index contributed by atoms with van der Waals surface area (Å²) in [6, 6.07) is 7.35. The highest BCUT2D eigenvalue weighted by molar-refractivity contribution is 7.80. The van der Waals surface area contributed by atoms with Crippen LogP contribution < -0.4 is 25.4 Å². The molecule has 1 aromatic carbocycles. The molecule has 0 bridgehead atoms. The first kappa shape index (κ1) is 24.6. The molecule has 1 saturated heterocycles. The van der Waals surface area contributed by atoms with Gasteiger partial charge in [0, 0.05) is 54.9 Å². The Morgan fingerprint density at radius 1 is 1.03 bits per heavy atom. The van der Waals surface area contributed by atoms with Crippen LogP contribution in [0.3, 0.4) is 0 Å². The predicted molar refractivity (Wildman–Crippen MR) is 134 cm³/mol. The zero-order chi connectivity index (χ0) is 23.6. The topological polar surface area (TPSA) is 105 Å². The molecule has 2 heterocycles. The minimum atomic E-state index is 0.354. The van der Waals surface area contributed by atoms with Crippen molar-refractivity contribution in [3.05, 3.63) is 35.7 Å². The van der Waals surface area contributed by atoms with Crippen LogP contribution in [0.2, 0.25) is 0 Å². The van der Waals surface area contributed by atoms with Crippen LogP contribution in [-0.4, -0.2) is 79.6 Å². The smallest absolute Gasteiger partial charge is 0.229 e. The number of hydrogen-bond donors (Lipinski definition) is 3. The van der Waals surface area contributed by atoms with Crippen LogP contribution in [0.25, 0.3) is 0 Å². The van der Waals surface area contributed by atoms with Gasteiger partial charge in [-0.25, -0.2) is 9.97 Å². The van der Waals surface area contributed by atoms with Crippen molar-refractivity contribution in [1.29, 1.82) is 0 Å². The molecule has 3 N–H and O–H groups in total. The Labute approximate surface area is 199 Å². The van der Waals surface area contributed by atoms with E-state index in [2.05, 4.69) is 35.8 Å². The number of anilines is 2. The van der Waals surface area contributed by atoms with Gasteiger partial charge in [0.25, 0.3) is 0 Å². The molecule has 3 rings (SSSR count). The first-order valence-corrected chi connectivity index (χ1v) is 11.1. The molecule has 1 aromatic heterocycles. The van der Waals surface area contributed by atoms with Crippen molar-refractivity contribution in [3.63, 3.8) is 0 Å². The van der Waals surface area contributed by atoms with Crippen molar-refractivity contribution in [1.82, 2.24) is 20.2 Å². The fourth-order valence-electron chi connectivity index (χ4n) is 3.28. The lowest BCUT2D eigenvalue weighted by molar-refractivity contribution is 0.0394. The zero-order valence-electron chi connectivity index (χ0n) is 19.5. The summed E-state index contributed by atoms with van der Waals surface area (Å²) in [7, 11) is 3.20. The summed E-state index contributed by atoms with van der Waals surface area (Å²) in [6.45, 7) is 8.55. The lowest BCUT2D eigenvalue weighted by Crippen LogP contribution is -2.41. The number of guanidine groups is 1. The van der Waals surface area contributed by atoms with E-state index in [1.54, 1.807) is 20.3 Å². The van der Waals surface area contributed by atoms with Crippen LogP contribution in [0.4, 0.5) is 11.6 Å². The van der Waals surface area contributed by atoms with Gasteiger partial charge in [-0.1, -0.05) is 0 Å². The van der Waals surface area contributed by atoms with E-state index in [1.807, 2.05) is 32.0 Å². The maximum atomic E-state index is 5.52. The van der Waals surface area contributed by atoms with Gasteiger partial charge in [0.2, 0.25) is 11.9 Å². The minimum Gasteiger partial charge on any atom is -0.497 e. The second kappa shape index (κ2) is 12.3. The molecule has 0 radical (unpaired) electrons. The number of thiocarbonyl (C=S) groups is 1. The molecule has 1 aliphatic rings. The summed E-state index contributed by atoms with van der Waals surface area (Å²) in [6.07, 6.45) is 0. The van der Waals surface area contributed by atoms with Crippen LogP contribution in [0.15, 0.2) is 29.3 Å². The van der Waals surface area contributed by atoms with Gasteiger partial charge in [-0.3, -0.25) is 15.2 Å². The molecule has 2 aromatic rings. The van der Waals surface area contributed by atoms with Gasteiger partial charge in [0.05, 0.1) is 34.0 Å². The van der Waals surface area contributed by atoms with Crippen molar-refractivity contribution in [2.45, 2.75) is 13.8 Å². The highest BCUT2D eigenvalue weighted by Crippen LogP contribution is 2.25. The van der Waals surface area contributed by atoms with Crippen molar-refractivity contribution in [2.75, 3.05) is 64.2 Å². The molecule has 33 heavy (non-hydrogen) atoms. The van der Waals surface area contributed by atoms with Crippen molar-refractivity contribution in [2.24, 2.45) is 4.99 Å². The number of aryl methyl sites for hydroxylation is 2. The Bertz CT molecular complexity index is 938. The Morgan fingerprint density at radius 2 is 1.67 bits per heavy atom. The minimum absolute atomic E-state index is 0.354. The van der Waals surface area contributed by atoms with Crippen LogP contribution in [0.1, 0.15) is 11.4 Å². The van der Waals surface area contributed by atoms with E-state index in [4.69, 9.17) is 26.4 Å².